The number of aromatic amines is 1. The van der Waals surface area contributed by atoms with Gasteiger partial charge in [0.25, 0.3) is 0 Å². The van der Waals surface area contributed by atoms with Crippen molar-refractivity contribution in [3.63, 3.8) is 0 Å². The molecule has 0 bridgehead atoms. The Morgan fingerprint density at radius 1 is 1.50 bits per heavy atom. The Morgan fingerprint density at radius 3 is 2.92 bits per heavy atom. The number of halogens is 2. The van der Waals surface area contributed by atoms with Crippen molar-refractivity contribution in [1.82, 2.24) is 10.2 Å². The van der Waals surface area contributed by atoms with Gasteiger partial charge in [0.2, 0.25) is 0 Å². The van der Waals surface area contributed by atoms with Gasteiger partial charge >= 0.3 is 0 Å². The first-order chi connectivity index (χ1) is 5.70. The summed E-state index contributed by atoms with van der Waals surface area (Å²) in [5, 5.41) is 7.40. The minimum absolute atomic E-state index is 0.294. The molecule has 1 heterocycles. The zero-order valence-corrected chi connectivity index (χ0v) is 7.94. The third kappa shape index (κ3) is 0.948. The van der Waals surface area contributed by atoms with Crippen molar-refractivity contribution >= 4 is 26.8 Å². The van der Waals surface area contributed by atoms with Crippen LogP contribution in [0, 0.1) is 12.7 Å². The molecule has 0 atom stereocenters. The second-order valence-electron chi connectivity index (χ2n) is 2.60. The van der Waals surface area contributed by atoms with Crippen LogP contribution in [0.3, 0.4) is 0 Å². The van der Waals surface area contributed by atoms with Crippen molar-refractivity contribution < 1.29 is 4.39 Å². The maximum Gasteiger partial charge on any atom is 0.151 e. The van der Waals surface area contributed by atoms with Crippen LogP contribution in [0.5, 0.6) is 0 Å². The average Bonchev–Trinajstić information content (AvgIpc) is 2.42. The Morgan fingerprint density at radius 2 is 2.25 bits per heavy atom. The van der Waals surface area contributed by atoms with Gasteiger partial charge in [-0.3, -0.25) is 5.10 Å². The SMILES string of the molecule is Cc1[nH]nc2c(F)ccc(Br)c12. The summed E-state index contributed by atoms with van der Waals surface area (Å²) < 4.78 is 13.9. The highest BCUT2D eigenvalue weighted by Crippen LogP contribution is 2.26. The first kappa shape index (κ1) is 7.73. The minimum atomic E-state index is -0.294. The second-order valence-corrected chi connectivity index (χ2v) is 3.46. The molecule has 0 aliphatic carbocycles. The van der Waals surface area contributed by atoms with Crippen LogP contribution < -0.4 is 0 Å². The molecular formula is C8H6BrFN2. The number of fused-ring (bicyclic) bond motifs is 1. The lowest BCUT2D eigenvalue weighted by Crippen LogP contribution is -1.78. The average molecular weight is 229 g/mol. The van der Waals surface area contributed by atoms with E-state index in [9.17, 15) is 4.39 Å². The smallest absolute Gasteiger partial charge is 0.151 e. The first-order valence-corrected chi connectivity index (χ1v) is 4.28. The van der Waals surface area contributed by atoms with Crippen molar-refractivity contribution in [2.75, 3.05) is 0 Å². The Kier molecular flexibility index (Phi) is 1.65. The lowest BCUT2D eigenvalue weighted by molar-refractivity contribution is 0.636. The molecule has 0 saturated heterocycles. The van der Waals surface area contributed by atoms with Crippen molar-refractivity contribution in [1.29, 1.82) is 0 Å². The summed E-state index contributed by atoms with van der Waals surface area (Å²) in [6.45, 7) is 1.86. The monoisotopic (exact) mass is 228 g/mol. The quantitative estimate of drug-likeness (QED) is 0.739. The number of aromatic nitrogens is 2. The van der Waals surface area contributed by atoms with Gasteiger partial charge in [-0.2, -0.15) is 5.10 Å². The molecule has 0 unspecified atom stereocenters. The molecule has 0 spiro atoms. The number of nitrogens with one attached hydrogen (secondary N) is 1. The van der Waals surface area contributed by atoms with Gasteiger partial charge in [0.1, 0.15) is 5.52 Å². The fourth-order valence-corrected chi connectivity index (χ4v) is 1.82. The van der Waals surface area contributed by atoms with Gasteiger partial charge < -0.3 is 0 Å². The Hall–Kier alpha value is -0.900. The van der Waals surface area contributed by atoms with Gasteiger partial charge in [0, 0.05) is 15.6 Å². The van der Waals surface area contributed by atoms with E-state index in [-0.39, 0.29) is 5.82 Å². The highest BCUT2D eigenvalue weighted by atomic mass is 79.9. The molecule has 0 aliphatic rings. The topological polar surface area (TPSA) is 28.7 Å². The number of benzene rings is 1. The van der Waals surface area contributed by atoms with Crippen LogP contribution in [0.15, 0.2) is 16.6 Å². The van der Waals surface area contributed by atoms with E-state index in [1.165, 1.54) is 6.07 Å². The number of hydrogen-bond donors (Lipinski definition) is 1. The van der Waals surface area contributed by atoms with E-state index >= 15 is 0 Å². The number of aryl methyl sites for hydroxylation is 1. The van der Waals surface area contributed by atoms with E-state index in [0.717, 1.165) is 15.6 Å². The van der Waals surface area contributed by atoms with Crippen LogP contribution >= 0.6 is 15.9 Å². The maximum atomic E-state index is 13.1. The lowest BCUT2D eigenvalue weighted by Gasteiger charge is -1.94. The lowest BCUT2D eigenvalue weighted by atomic mass is 10.2. The van der Waals surface area contributed by atoms with Gasteiger partial charge in [-0.15, -0.1) is 0 Å². The summed E-state index contributed by atoms with van der Waals surface area (Å²) in [5.74, 6) is -0.294. The summed E-state index contributed by atoms with van der Waals surface area (Å²) >= 11 is 3.33. The van der Waals surface area contributed by atoms with Crippen LogP contribution in [0.1, 0.15) is 5.69 Å². The summed E-state index contributed by atoms with van der Waals surface area (Å²) in [6.07, 6.45) is 0. The predicted molar refractivity (Wildman–Crippen MR) is 48.5 cm³/mol. The molecule has 2 nitrogen and oxygen atoms in total. The summed E-state index contributed by atoms with van der Waals surface area (Å²) in [7, 11) is 0. The summed E-state index contributed by atoms with van der Waals surface area (Å²) in [6, 6.07) is 3.08. The molecule has 62 valence electrons. The fourth-order valence-electron chi connectivity index (χ4n) is 1.20. The number of hydrogen-bond acceptors (Lipinski definition) is 1. The number of H-pyrrole nitrogens is 1. The summed E-state index contributed by atoms with van der Waals surface area (Å²) in [5.41, 5.74) is 1.26. The molecule has 1 aromatic heterocycles. The predicted octanol–water partition coefficient (Wildman–Crippen LogP) is 2.77. The van der Waals surface area contributed by atoms with Crippen molar-refractivity contribution in [2.45, 2.75) is 6.92 Å². The summed E-state index contributed by atoms with van der Waals surface area (Å²) in [4.78, 5) is 0. The Bertz CT molecular complexity index is 436. The molecule has 2 rings (SSSR count). The first-order valence-electron chi connectivity index (χ1n) is 3.49. The van der Waals surface area contributed by atoms with Gasteiger partial charge in [0.15, 0.2) is 5.82 Å². The molecule has 0 saturated carbocycles. The third-order valence-electron chi connectivity index (χ3n) is 1.79. The van der Waals surface area contributed by atoms with Crippen molar-refractivity contribution in [3.05, 3.63) is 28.1 Å². The van der Waals surface area contributed by atoms with Gasteiger partial charge in [-0.05, 0) is 19.1 Å². The van der Waals surface area contributed by atoms with Crippen molar-refractivity contribution in [2.24, 2.45) is 0 Å². The van der Waals surface area contributed by atoms with Gasteiger partial charge in [-0.1, -0.05) is 15.9 Å². The number of rotatable bonds is 0. The molecule has 0 aliphatic heterocycles. The van der Waals surface area contributed by atoms with E-state index in [0.29, 0.717) is 5.52 Å². The molecular weight excluding hydrogens is 223 g/mol. The fraction of sp³-hybridized carbons (Fsp3) is 0.125. The molecule has 1 N–H and O–H groups in total. The van der Waals surface area contributed by atoms with E-state index in [4.69, 9.17) is 0 Å². The molecule has 4 heteroatoms. The molecule has 1 aromatic carbocycles. The van der Waals surface area contributed by atoms with Crippen LogP contribution in [0.25, 0.3) is 10.9 Å². The van der Waals surface area contributed by atoms with Gasteiger partial charge in [0.05, 0.1) is 0 Å². The molecule has 0 amide bonds. The van der Waals surface area contributed by atoms with E-state index < -0.39 is 0 Å². The van der Waals surface area contributed by atoms with E-state index in [1.807, 2.05) is 6.92 Å². The molecule has 12 heavy (non-hydrogen) atoms. The Labute approximate surface area is 76.9 Å². The van der Waals surface area contributed by atoms with Crippen LogP contribution in [0.4, 0.5) is 4.39 Å². The largest absolute Gasteiger partial charge is 0.281 e. The third-order valence-corrected chi connectivity index (χ3v) is 2.45. The standard InChI is InChI=1S/C8H6BrFN2/c1-4-7-5(9)2-3-6(10)8(7)12-11-4/h2-3H,1H3,(H,11,12). The van der Waals surface area contributed by atoms with Crippen LogP contribution in [-0.4, -0.2) is 10.2 Å². The zero-order valence-electron chi connectivity index (χ0n) is 6.36. The second kappa shape index (κ2) is 2.55. The Balaban J connectivity index is 2.98. The minimum Gasteiger partial charge on any atom is -0.281 e. The van der Waals surface area contributed by atoms with Crippen molar-refractivity contribution in [3.8, 4) is 0 Å². The van der Waals surface area contributed by atoms with E-state index in [1.54, 1.807) is 6.07 Å². The maximum absolute atomic E-state index is 13.1. The molecule has 2 aromatic rings. The van der Waals surface area contributed by atoms with Crippen LogP contribution in [0.2, 0.25) is 0 Å². The zero-order chi connectivity index (χ0) is 8.72. The van der Waals surface area contributed by atoms with Crippen LogP contribution in [-0.2, 0) is 0 Å². The highest BCUT2D eigenvalue weighted by Gasteiger charge is 2.09. The van der Waals surface area contributed by atoms with E-state index in [2.05, 4.69) is 26.1 Å². The number of nitrogens with zero attached hydrogens (tertiary/aromatic N) is 1. The molecule has 0 fully saturated rings. The van der Waals surface area contributed by atoms with Gasteiger partial charge in [-0.25, -0.2) is 4.39 Å². The normalized spacial score (nSPS) is 10.9. The molecule has 0 radical (unpaired) electrons. The highest BCUT2D eigenvalue weighted by molar-refractivity contribution is 9.10.